The van der Waals surface area contributed by atoms with E-state index in [1.165, 1.54) is 12.4 Å². The van der Waals surface area contributed by atoms with Crippen LogP contribution in [-0.4, -0.2) is 35.1 Å². The fraction of sp³-hybridized carbons (Fsp3) is 0.500. The van der Waals surface area contributed by atoms with Crippen molar-refractivity contribution in [3.63, 3.8) is 0 Å². The Morgan fingerprint density at radius 3 is 2.75 bits per heavy atom. The van der Waals surface area contributed by atoms with Gasteiger partial charge >= 0.3 is 0 Å². The highest BCUT2D eigenvalue weighted by Gasteiger charge is 2.17. The van der Waals surface area contributed by atoms with Gasteiger partial charge in [0.25, 0.3) is 5.91 Å². The molecule has 0 aliphatic carbocycles. The van der Waals surface area contributed by atoms with E-state index in [2.05, 4.69) is 15.3 Å². The van der Waals surface area contributed by atoms with Gasteiger partial charge in [0.2, 0.25) is 0 Å². The van der Waals surface area contributed by atoms with Gasteiger partial charge in [-0.25, -0.2) is 9.97 Å². The number of nitrogens with one attached hydrogen (secondary N) is 1. The monoisotopic (exact) mass is 222 g/mol. The highest BCUT2D eigenvalue weighted by molar-refractivity contribution is 5.95. The first-order valence-electron chi connectivity index (χ1n) is 5.22. The van der Waals surface area contributed by atoms with E-state index in [1.807, 2.05) is 0 Å². The lowest BCUT2D eigenvalue weighted by molar-refractivity contribution is 0.0903. The molecule has 2 heterocycles. The summed E-state index contributed by atoms with van der Waals surface area (Å²) in [4.78, 5) is 19.1. The van der Waals surface area contributed by atoms with Crippen molar-refractivity contribution in [1.29, 1.82) is 0 Å². The predicted molar refractivity (Wildman–Crippen MR) is 58.0 cm³/mol. The number of anilines is 1. The van der Waals surface area contributed by atoms with Gasteiger partial charge in [0.05, 0.1) is 0 Å². The van der Waals surface area contributed by atoms with Crippen LogP contribution in [-0.2, 0) is 4.74 Å². The summed E-state index contributed by atoms with van der Waals surface area (Å²) in [6.45, 7) is 1.45. The summed E-state index contributed by atoms with van der Waals surface area (Å²) in [5.41, 5.74) is 5.40. The molecule has 3 N–H and O–H groups in total. The zero-order valence-electron chi connectivity index (χ0n) is 8.85. The van der Waals surface area contributed by atoms with E-state index in [-0.39, 0.29) is 11.7 Å². The molecule has 1 aliphatic rings. The van der Waals surface area contributed by atoms with Crippen LogP contribution in [0.2, 0.25) is 0 Å². The summed E-state index contributed by atoms with van der Waals surface area (Å²) in [7, 11) is 0. The summed E-state index contributed by atoms with van der Waals surface area (Å²) in [5.74, 6) is -0.107. The molecule has 86 valence electrons. The van der Waals surface area contributed by atoms with Crippen LogP contribution < -0.4 is 11.1 Å². The normalized spacial score (nSPS) is 17.0. The molecule has 1 aliphatic heterocycles. The van der Waals surface area contributed by atoms with Crippen LogP contribution >= 0.6 is 0 Å². The SMILES string of the molecule is NC(=O)c1nccnc1NC1CCOCC1. The third kappa shape index (κ3) is 2.46. The minimum Gasteiger partial charge on any atom is -0.381 e. The molecular formula is C10H14N4O2. The lowest BCUT2D eigenvalue weighted by atomic mass is 10.1. The second-order valence-corrected chi connectivity index (χ2v) is 3.65. The lowest BCUT2D eigenvalue weighted by Gasteiger charge is -2.23. The molecule has 1 aromatic rings. The van der Waals surface area contributed by atoms with Crippen molar-refractivity contribution in [3.8, 4) is 0 Å². The smallest absolute Gasteiger partial charge is 0.271 e. The fourth-order valence-electron chi connectivity index (χ4n) is 1.66. The van der Waals surface area contributed by atoms with Gasteiger partial charge in [0.15, 0.2) is 11.5 Å². The Bertz CT molecular complexity index is 377. The maximum Gasteiger partial charge on any atom is 0.271 e. The number of carbonyl (C=O) groups is 1. The minimum absolute atomic E-state index is 0.189. The average molecular weight is 222 g/mol. The van der Waals surface area contributed by atoms with Gasteiger partial charge in [-0.1, -0.05) is 0 Å². The van der Waals surface area contributed by atoms with Gasteiger partial charge in [-0.15, -0.1) is 0 Å². The van der Waals surface area contributed by atoms with Crippen molar-refractivity contribution >= 4 is 11.7 Å². The molecule has 16 heavy (non-hydrogen) atoms. The number of aromatic nitrogens is 2. The van der Waals surface area contributed by atoms with Crippen LogP contribution in [0.3, 0.4) is 0 Å². The Hall–Kier alpha value is -1.69. The standard InChI is InChI=1S/C10H14N4O2/c11-9(15)8-10(13-4-3-12-8)14-7-1-5-16-6-2-7/h3-4,7H,1-2,5-6H2,(H2,11,15)(H,13,14). The number of amides is 1. The van der Waals surface area contributed by atoms with Gasteiger partial charge < -0.3 is 15.8 Å². The average Bonchev–Trinajstić information content (AvgIpc) is 2.31. The molecule has 0 atom stereocenters. The number of hydrogen-bond acceptors (Lipinski definition) is 5. The Labute approximate surface area is 93.2 Å². The molecule has 1 amide bonds. The van der Waals surface area contributed by atoms with E-state index in [1.54, 1.807) is 0 Å². The molecular weight excluding hydrogens is 208 g/mol. The molecule has 6 heteroatoms. The third-order valence-electron chi connectivity index (χ3n) is 2.49. The highest BCUT2D eigenvalue weighted by Crippen LogP contribution is 2.14. The summed E-state index contributed by atoms with van der Waals surface area (Å²) in [6.07, 6.45) is 4.78. The Kier molecular flexibility index (Phi) is 3.31. The minimum atomic E-state index is -0.567. The fourth-order valence-corrected chi connectivity index (χ4v) is 1.66. The Morgan fingerprint density at radius 2 is 2.06 bits per heavy atom. The molecule has 0 unspecified atom stereocenters. The first kappa shape index (κ1) is 10.8. The van der Waals surface area contributed by atoms with Gasteiger partial charge in [0.1, 0.15) is 0 Å². The van der Waals surface area contributed by atoms with Crippen LogP contribution in [0, 0.1) is 0 Å². The summed E-state index contributed by atoms with van der Waals surface area (Å²) in [6, 6.07) is 0.267. The molecule has 1 fully saturated rings. The van der Waals surface area contributed by atoms with Crippen molar-refractivity contribution in [2.24, 2.45) is 5.73 Å². The van der Waals surface area contributed by atoms with E-state index in [0.29, 0.717) is 5.82 Å². The molecule has 6 nitrogen and oxygen atoms in total. The Balaban J connectivity index is 2.10. The second-order valence-electron chi connectivity index (χ2n) is 3.65. The predicted octanol–water partition coefficient (Wildman–Crippen LogP) is 0.166. The summed E-state index contributed by atoms with van der Waals surface area (Å²) in [5, 5.41) is 3.18. The maximum absolute atomic E-state index is 11.1. The molecule has 0 bridgehead atoms. The van der Waals surface area contributed by atoms with Gasteiger partial charge in [-0.3, -0.25) is 4.79 Å². The van der Waals surface area contributed by atoms with Crippen LogP contribution in [0.5, 0.6) is 0 Å². The molecule has 0 aromatic carbocycles. The number of nitrogens with two attached hydrogens (primary N) is 1. The maximum atomic E-state index is 11.1. The first-order chi connectivity index (χ1) is 7.77. The molecule has 0 spiro atoms. The van der Waals surface area contributed by atoms with Crippen LogP contribution in [0.15, 0.2) is 12.4 Å². The number of hydrogen-bond donors (Lipinski definition) is 2. The van der Waals surface area contributed by atoms with Crippen LogP contribution in [0.25, 0.3) is 0 Å². The van der Waals surface area contributed by atoms with Crippen LogP contribution in [0.4, 0.5) is 5.82 Å². The number of nitrogens with zero attached hydrogens (tertiary/aromatic N) is 2. The van der Waals surface area contributed by atoms with E-state index >= 15 is 0 Å². The zero-order valence-corrected chi connectivity index (χ0v) is 8.85. The zero-order chi connectivity index (χ0) is 11.4. The highest BCUT2D eigenvalue weighted by atomic mass is 16.5. The molecule has 2 rings (SSSR count). The largest absolute Gasteiger partial charge is 0.381 e. The van der Waals surface area contributed by atoms with Gasteiger partial charge in [0, 0.05) is 31.6 Å². The van der Waals surface area contributed by atoms with Crippen molar-refractivity contribution < 1.29 is 9.53 Å². The van der Waals surface area contributed by atoms with Gasteiger partial charge in [-0.05, 0) is 12.8 Å². The van der Waals surface area contributed by atoms with E-state index in [0.717, 1.165) is 26.1 Å². The summed E-state index contributed by atoms with van der Waals surface area (Å²) < 4.78 is 5.25. The molecule has 0 saturated carbocycles. The number of carbonyl (C=O) groups excluding carboxylic acids is 1. The van der Waals surface area contributed by atoms with E-state index in [4.69, 9.17) is 10.5 Å². The van der Waals surface area contributed by atoms with Crippen LogP contribution in [0.1, 0.15) is 23.3 Å². The Morgan fingerprint density at radius 1 is 1.38 bits per heavy atom. The van der Waals surface area contributed by atoms with Crippen molar-refractivity contribution in [1.82, 2.24) is 9.97 Å². The molecule has 1 aromatic heterocycles. The van der Waals surface area contributed by atoms with Gasteiger partial charge in [-0.2, -0.15) is 0 Å². The van der Waals surface area contributed by atoms with Crippen molar-refractivity contribution in [3.05, 3.63) is 18.1 Å². The van der Waals surface area contributed by atoms with E-state index < -0.39 is 5.91 Å². The molecule has 0 radical (unpaired) electrons. The quantitative estimate of drug-likeness (QED) is 0.760. The lowest BCUT2D eigenvalue weighted by Crippen LogP contribution is -2.29. The second kappa shape index (κ2) is 4.89. The van der Waals surface area contributed by atoms with Crippen molar-refractivity contribution in [2.45, 2.75) is 18.9 Å². The first-order valence-corrected chi connectivity index (χ1v) is 5.22. The van der Waals surface area contributed by atoms with Crippen molar-refractivity contribution in [2.75, 3.05) is 18.5 Å². The summed E-state index contributed by atoms with van der Waals surface area (Å²) >= 11 is 0. The number of rotatable bonds is 3. The topological polar surface area (TPSA) is 90.1 Å². The number of primary amides is 1. The number of ether oxygens (including phenoxy) is 1. The molecule has 1 saturated heterocycles. The third-order valence-corrected chi connectivity index (χ3v) is 2.49. The van der Waals surface area contributed by atoms with E-state index in [9.17, 15) is 4.79 Å².